The van der Waals surface area contributed by atoms with Crippen LogP contribution in [0.5, 0.6) is 0 Å². The van der Waals surface area contributed by atoms with Crippen LogP contribution >= 0.6 is 15.9 Å². The van der Waals surface area contributed by atoms with Gasteiger partial charge in [-0.15, -0.1) is 0 Å². The molecule has 3 aromatic carbocycles. The molecule has 2 N–H and O–H groups in total. The quantitative estimate of drug-likeness (QED) is 0.339. The molecule has 0 saturated carbocycles. The summed E-state index contributed by atoms with van der Waals surface area (Å²) < 4.78 is 2.98. The van der Waals surface area contributed by atoms with E-state index >= 15 is 0 Å². The Morgan fingerprint density at radius 3 is 2.35 bits per heavy atom. The Hall–Kier alpha value is -3.78. The van der Waals surface area contributed by atoms with E-state index in [9.17, 15) is 0 Å². The minimum absolute atomic E-state index is 0.462. The smallest absolute Gasteiger partial charge is 0.232 e. The first-order valence-electron chi connectivity index (χ1n) is 9.71. The van der Waals surface area contributed by atoms with Crippen molar-refractivity contribution in [1.29, 1.82) is 0 Å². The topological polar surface area (TPSA) is 80.5 Å². The molecule has 5 rings (SSSR count). The van der Waals surface area contributed by atoms with Gasteiger partial charge in [0.25, 0.3) is 0 Å². The van der Waals surface area contributed by atoms with Gasteiger partial charge in [-0.3, -0.25) is 4.68 Å². The van der Waals surface area contributed by atoms with Crippen LogP contribution in [-0.4, -0.2) is 24.7 Å². The lowest BCUT2D eigenvalue weighted by Gasteiger charge is -2.08. The van der Waals surface area contributed by atoms with Crippen molar-refractivity contribution in [2.75, 3.05) is 10.6 Å². The number of hydrogen-bond donors (Lipinski definition) is 2. The number of rotatable bonds is 6. The van der Waals surface area contributed by atoms with Crippen LogP contribution in [0, 0.1) is 0 Å². The molecule has 0 bridgehead atoms. The molecular weight excluding hydrogens is 454 g/mol. The van der Waals surface area contributed by atoms with Crippen LogP contribution in [0.1, 0.15) is 5.56 Å². The molecule has 0 radical (unpaired) electrons. The summed E-state index contributed by atoms with van der Waals surface area (Å²) in [5.74, 6) is 0.927. The van der Waals surface area contributed by atoms with Gasteiger partial charge in [-0.2, -0.15) is 10.1 Å². The zero-order valence-corrected chi connectivity index (χ0v) is 18.0. The zero-order chi connectivity index (χ0) is 21.0. The van der Waals surface area contributed by atoms with E-state index in [2.05, 4.69) is 64.8 Å². The van der Waals surface area contributed by atoms with Gasteiger partial charge in [-0.25, -0.2) is 9.97 Å². The van der Waals surface area contributed by atoms with Crippen molar-refractivity contribution < 1.29 is 0 Å². The maximum absolute atomic E-state index is 4.54. The van der Waals surface area contributed by atoms with Crippen LogP contribution in [0.25, 0.3) is 10.9 Å². The van der Waals surface area contributed by atoms with Gasteiger partial charge in [0.05, 0.1) is 18.3 Å². The van der Waals surface area contributed by atoms with E-state index in [0.717, 1.165) is 33.3 Å². The van der Waals surface area contributed by atoms with Gasteiger partial charge in [0.1, 0.15) is 6.33 Å². The van der Waals surface area contributed by atoms with E-state index in [1.165, 1.54) is 11.9 Å². The molecule has 0 aliphatic heterocycles. The highest BCUT2D eigenvalue weighted by Crippen LogP contribution is 2.23. The molecule has 0 saturated heterocycles. The molecule has 2 aromatic heterocycles. The van der Waals surface area contributed by atoms with Gasteiger partial charge < -0.3 is 10.6 Å². The molecule has 2 heterocycles. The maximum Gasteiger partial charge on any atom is 0.232 e. The Morgan fingerprint density at radius 1 is 0.806 bits per heavy atom. The lowest BCUT2D eigenvalue weighted by Crippen LogP contribution is -2.03. The number of hydrogen-bond acceptors (Lipinski definition) is 6. The molecule has 0 atom stereocenters. The number of halogens is 1. The standard InChI is InChI=1S/C23H18BrN7/c24-18-7-4-8-19(12-18)28-22-25-15-26-23(30-22)29-20-9-10-21-17(11-20)13-27-31(21)14-16-5-2-1-3-6-16/h1-13,15H,14H2,(H2,25,26,28,29,30). The number of fused-ring (bicyclic) bond motifs is 1. The summed E-state index contributed by atoms with van der Waals surface area (Å²) in [5, 5.41) is 12.0. The van der Waals surface area contributed by atoms with Gasteiger partial charge in [0.15, 0.2) is 0 Å². The van der Waals surface area contributed by atoms with E-state index in [0.29, 0.717) is 11.9 Å². The van der Waals surface area contributed by atoms with E-state index in [-0.39, 0.29) is 0 Å². The maximum atomic E-state index is 4.54. The van der Waals surface area contributed by atoms with E-state index < -0.39 is 0 Å². The second-order valence-electron chi connectivity index (χ2n) is 6.95. The van der Waals surface area contributed by atoms with Crippen molar-refractivity contribution in [3.63, 3.8) is 0 Å². The van der Waals surface area contributed by atoms with Crippen molar-refractivity contribution in [2.24, 2.45) is 0 Å². The molecule has 0 amide bonds. The Balaban J connectivity index is 1.33. The molecule has 152 valence electrons. The summed E-state index contributed by atoms with van der Waals surface area (Å²) in [4.78, 5) is 12.9. The Kier molecular flexibility index (Phi) is 5.28. The second kappa shape index (κ2) is 8.53. The molecule has 0 spiro atoms. The molecule has 7 nitrogen and oxygen atoms in total. The minimum Gasteiger partial charge on any atom is -0.324 e. The SMILES string of the molecule is Brc1cccc(Nc2ncnc(Nc3ccc4c(cnn4Cc4ccccc4)c3)n2)c1. The van der Waals surface area contributed by atoms with Gasteiger partial charge in [-0.05, 0) is 42.0 Å². The molecule has 0 aliphatic carbocycles. The number of benzene rings is 3. The average Bonchev–Trinajstić information content (AvgIpc) is 3.17. The van der Waals surface area contributed by atoms with E-state index in [4.69, 9.17) is 0 Å². The summed E-state index contributed by atoms with van der Waals surface area (Å²) in [7, 11) is 0. The third kappa shape index (κ3) is 4.54. The number of nitrogens with zero attached hydrogens (tertiary/aromatic N) is 5. The van der Waals surface area contributed by atoms with E-state index in [1.54, 1.807) is 0 Å². The fraction of sp³-hybridized carbons (Fsp3) is 0.0435. The summed E-state index contributed by atoms with van der Waals surface area (Å²) in [6.07, 6.45) is 3.35. The van der Waals surface area contributed by atoms with Crippen LogP contribution in [0.2, 0.25) is 0 Å². The number of nitrogens with one attached hydrogen (secondary N) is 2. The molecule has 0 aliphatic rings. The normalized spacial score (nSPS) is 10.9. The number of anilines is 4. The van der Waals surface area contributed by atoms with Gasteiger partial charge in [0.2, 0.25) is 11.9 Å². The van der Waals surface area contributed by atoms with Gasteiger partial charge in [0, 0.05) is 21.2 Å². The van der Waals surface area contributed by atoms with Crippen molar-refractivity contribution in [1.82, 2.24) is 24.7 Å². The van der Waals surface area contributed by atoms with Crippen molar-refractivity contribution >= 4 is 50.1 Å². The third-order valence-electron chi connectivity index (χ3n) is 4.73. The lowest BCUT2D eigenvalue weighted by molar-refractivity contribution is 0.712. The molecule has 0 unspecified atom stereocenters. The minimum atomic E-state index is 0.462. The van der Waals surface area contributed by atoms with Crippen LogP contribution in [0.15, 0.2) is 89.8 Å². The highest BCUT2D eigenvalue weighted by Gasteiger charge is 2.07. The van der Waals surface area contributed by atoms with E-state index in [1.807, 2.05) is 65.5 Å². The second-order valence-corrected chi connectivity index (χ2v) is 7.87. The Morgan fingerprint density at radius 2 is 1.58 bits per heavy atom. The Bertz CT molecular complexity index is 1330. The summed E-state index contributed by atoms with van der Waals surface area (Å²) >= 11 is 3.46. The predicted octanol–water partition coefficient (Wildman–Crippen LogP) is 5.52. The predicted molar refractivity (Wildman–Crippen MR) is 126 cm³/mol. The highest BCUT2D eigenvalue weighted by atomic mass is 79.9. The van der Waals surface area contributed by atoms with Gasteiger partial charge in [-0.1, -0.05) is 52.3 Å². The average molecular weight is 472 g/mol. The van der Waals surface area contributed by atoms with Crippen molar-refractivity contribution in [3.8, 4) is 0 Å². The fourth-order valence-electron chi connectivity index (χ4n) is 3.29. The van der Waals surface area contributed by atoms with Gasteiger partial charge >= 0.3 is 0 Å². The van der Waals surface area contributed by atoms with Crippen molar-refractivity contribution in [2.45, 2.75) is 6.54 Å². The van der Waals surface area contributed by atoms with Crippen LogP contribution in [-0.2, 0) is 6.54 Å². The Labute approximate surface area is 187 Å². The van der Waals surface area contributed by atoms with Crippen molar-refractivity contribution in [3.05, 3.63) is 95.4 Å². The first-order chi connectivity index (χ1) is 15.2. The first-order valence-corrected chi connectivity index (χ1v) is 10.5. The van der Waals surface area contributed by atoms with Crippen LogP contribution in [0.4, 0.5) is 23.3 Å². The third-order valence-corrected chi connectivity index (χ3v) is 5.22. The molecular formula is C23H18BrN7. The molecule has 8 heteroatoms. The molecule has 31 heavy (non-hydrogen) atoms. The zero-order valence-electron chi connectivity index (χ0n) is 16.4. The van der Waals surface area contributed by atoms with Crippen LogP contribution in [0.3, 0.4) is 0 Å². The summed E-state index contributed by atoms with van der Waals surface area (Å²) in [5.41, 5.74) is 4.05. The summed E-state index contributed by atoms with van der Waals surface area (Å²) in [6.45, 7) is 0.731. The summed E-state index contributed by atoms with van der Waals surface area (Å²) in [6, 6.07) is 24.2. The monoisotopic (exact) mass is 471 g/mol. The molecule has 5 aromatic rings. The fourth-order valence-corrected chi connectivity index (χ4v) is 3.69. The van der Waals surface area contributed by atoms with Crippen LogP contribution < -0.4 is 10.6 Å². The number of aromatic nitrogens is 5. The highest BCUT2D eigenvalue weighted by molar-refractivity contribution is 9.10. The molecule has 0 fully saturated rings. The first kappa shape index (κ1) is 19.2. The largest absolute Gasteiger partial charge is 0.324 e. The lowest BCUT2D eigenvalue weighted by atomic mass is 10.2.